The second-order valence-corrected chi connectivity index (χ2v) is 10.6. The number of hydrazone groups is 1. The monoisotopic (exact) mass is 559 g/mol. The molecule has 1 unspecified atom stereocenters. The van der Waals surface area contributed by atoms with Crippen molar-refractivity contribution in [2.24, 2.45) is 5.10 Å². The van der Waals surface area contributed by atoms with Crippen LogP contribution < -0.4 is 21.4 Å². The normalized spacial score (nSPS) is 15.7. The third kappa shape index (κ3) is 7.18. The van der Waals surface area contributed by atoms with Gasteiger partial charge in [-0.15, -0.1) is 0 Å². The Hall–Kier alpha value is -3.21. The first-order valence-electron chi connectivity index (χ1n) is 11.6. The molecular weight excluding hydrogens is 530 g/mol. The molecule has 196 valence electrons. The van der Waals surface area contributed by atoms with Crippen molar-refractivity contribution in [2.75, 3.05) is 11.9 Å². The lowest BCUT2D eigenvalue weighted by Crippen LogP contribution is -2.45. The van der Waals surface area contributed by atoms with E-state index in [-0.39, 0.29) is 17.5 Å². The number of rotatable bonds is 6. The second-order valence-electron chi connectivity index (χ2n) is 9.38. The Labute approximate surface area is 232 Å². The standard InChI is InChI=1S/C26H30ClN5O3S2/c1-6-35-23(34)20-14(2)29-24(36)31-21(20)15-11-16(22(33)19(12-15)26(3,4)5)13-28-32-25(37)30-18-9-7-17(27)8-10-18/h7-13,21,33H,6H2,1-5H3,(H2,29,31,36)(H2,30,32,37)/b28-13+. The van der Waals surface area contributed by atoms with Crippen molar-refractivity contribution in [3.8, 4) is 5.75 Å². The van der Waals surface area contributed by atoms with Crippen LogP contribution in [0.1, 0.15) is 57.4 Å². The number of aromatic hydroxyl groups is 1. The maximum atomic E-state index is 12.8. The van der Waals surface area contributed by atoms with Crippen LogP contribution in [0.15, 0.2) is 52.8 Å². The molecule has 1 aliphatic rings. The summed E-state index contributed by atoms with van der Waals surface area (Å²) in [7, 11) is 0. The number of nitrogens with zero attached hydrogens (tertiary/aromatic N) is 1. The number of phenolic OH excluding ortho intramolecular Hbond substituents is 1. The van der Waals surface area contributed by atoms with Crippen molar-refractivity contribution in [2.45, 2.75) is 46.1 Å². The number of hydrogen-bond acceptors (Lipinski definition) is 6. The smallest absolute Gasteiger partial charge is 0.338 e. The van der Waals surface area contributed by atoms with E-state index in [1.807, 2.05) is 26.8 Å². The minimum Gasteiger partial charge on any atom is -0.507 e. The third-order valence-electron chi connectivity index (χ3n) is 5.54. The second kappa shape index (κ2) is 11.9. The molecule has 0 aromatic heterocycles. The Morgan fingerprint density at radius 3 is 2.57 bits per heavy atom. The van der Waals surface area contributed by atoms with E-state index in [9.17, 15) is 9.90 Å². The van der Waals surface area contributed by atoms with Crippen molar-refractivity contribution in [3.63, 3.8) is 0 Å². The zero-order valence-corrected chi connectivity index (χ0v) is 23.6. The Morgan fingerprint density at radius 1 is 1.27 bits per heavy atom. The Kier molecular flexibility index (Phi) is 9.12. The summed E-state index contributed by atoms with van der Waals surface area (Å²) < 4.78 is 5.30. The van der Waals surface area contributed by atoms with E-state index in [1.165, 1.54) is 6.21 Å². The highest BCUT2D eigenvalue weighted by molar-refractivity contribution is 7.80. The van der Waals surface area contributed by atoms with Gasteiger partial charge in [0, 0.05) is 27.5 Å². The van der Waals surface area contributed by atoms with Crippen molar-refractivity contribution in [3.05, 3.63) is 69.4 Å². The van der Waals surface area contributed by atoms with E-state index in [0.29, 0.717) is 32.5 Å². The Morgan fingerprint density at radius 2 is 1.95 bits per heavy atom. The van der Waals surface area contributed by atoms with E-state index >= 15 is 0 Å². The number of hydrogen-bond donors (Lipinski definition) is 5. The van der Waals surface area contributed by atoms with Gasteiger partial charge in [-0.2, -0.15) is 5.10 Å². The van der Waals surface area contributed by atoms with Gasteiger partial charge in [-0.05, 0) is 85.7 Å². The molecule has 2 aromatic rings. The maximum absolute atomic E-state index is 12.8. The maximum Gasteiger partial charge on any atom is 0.338 e. The lowest BCUT2D eigenvalue weighted by atomic mass is 9.82. The van der Waals surface area contributed by atoms with Crippen LogP contribution >= 0.6 is 36.0 Å². The lowest BCUT2D eigenvalue weighted by molar-refractivity contribution is -0.139. The molecule has 0 bridgehead atoms. The van der Waals surface area contributed by atoms with Crippen molar-refractivity contribution in [1.29, 1.82) is 0 Å². The van der Waals surface area contributed by atoms with Gasteiger partial charge in [0.1, 0.15) is 5.75 Å². The number of carbonyl (C=O) groups is 1. The number of thiocarbonyl (C=S) groups is 2. The highest BCUT2D eigenvalue weighted by Crippen LogP contribution is 2.37. The zero-order valence-electron chi connectivity index (χ0n) is 21.2. The Bertz CT molecular complexity index is 1270. The molecule has 8 nitrogen and oxygen atoms in total. The lowest BCUT2D eigenvalue weighted by Gasteiger charge is -2.31. The van der Waals surface area contributed by atoms with Gasteiger partial charge < -0.3 is 25.8 Å². The number of allylic oxidation sites excluding steroid dienone is 1. The zero-order chi connectivity index (χ0) is 27.3. The van der Waals surface area contributed by atoms with Gasteiger partial charge in [-0.3, -0.25) is 5.43 Å². The summed E-state index contributed by atoms with van der Waals surface area (Å²) in [4.78, 5) is 12.8. The predicted octanol–water partition coefficient (Wildman–Crippen LogP) is 5.02. The average Bonchev–Trinajstić information content (AvgIpc) is 2.80. The number of halogens is 1. The van der Waals surface area contributed by atoms with Gasteiger partial charge in [-0.1, -0.05) is 32.4 Å². The van der Waals surface area contributed by atoms with Crippen LogP contribution in [0.25, 0.3) is 0 Å². The fraction of sp³-hybridized carbons (Fsp3) is 0.308. The number of benzene rings is 2. The molecule has 0 radical (unpaired) electrons. The van der Waals surface area contributed by atoms with Gasteiger partial charge in [-0.25, -0.2) is 4.79 Å². The fourth-order valence-electron chi connectivity index (χ4n) is 3.79. The van der Waals surface area contributed by atoms with Gasteiger partial charge in [0.25, 0.3) is 0 Å². The minimum absolute atomic E-state index is 0.0771. The van der Waals surface area contributed by atoms with Crippen molar-refractivity contribution in [1.82, 2.24) is 16.1 Å². The van der Waals surface area contributed by atoms with Gasteiger partial charge >= 0.3 is 5.97 Å². The minimum atomic E-state index is -0.581. The first-order valence-corrected chi connectivity index (χ1v) is 12.8. The molecule has 3 rings (SSSR count). The molecule has 5 N–H and O–H groups in total. The molecule has 2 aromatic carbocycles. The molecule has 0 spiro atoms. The quantitative estimate of drug-likeness (QED) is 0.144. The molecular formula is C26H30ClN5O3S2. The van der Waals surface area contributed by atoms with Gasteiger partial charge in [0.05, 0.1) is 24.4 Å². The van der Waals surface area contributed by atoms with E-state index < -0.39 is 17.4 Å². The highest BCUT2D eigenvalue weighted by atomic mass is 35.5. The van der Waals surface area contributed by atoms with Crippen LogP contribution in [0, 0.1) is 0 Å². The summed E-state index contributed by atoms with van der Waals surface area (Å²) in [5.41, 5.74) is 5.95. The first kappa shape index (κ1) is 28.4. The summed E-state index contributed by atoms with van der Waals surface area (Å²) in [6, 6.07) is 10.1. The van der Waals surface area contributed by atoms with Crippen LogP contribution in [-0.4, -0.2) is 34.1 Å². The number of carbonyl (C=O) groups excluding carboxylic acids is 1. The summed E-state index contributed by atoms with van der Waals surface area (Å²) in [5.74, 6) is -0.373. The Balaban J connectivity index is 1.96. The van der Waals surface area contributed by atoms with Crippen LogP contribution in [-0.2, 0) is 14.9 Å². The molecule has 1 atom stereocenters. The van der Waals surface area contributed by atoms with Crippen LogP contribution in [0.2, 0.25) is 5.02 Å². The highest BCUT2D eigenvalue weighted by Gasteiger charge is 2.32. The van der Waals surface area contributed by atoms with Crippen molar-refractivity contribution >= 4 is 64.1 Å². The third-order valence-corrected chi connectivity index (χ3v) is 6.20. The van der Waals surface area contributed by atoms with E-state index in [1.54, 1.807) is 44.2 Å². The molecule has 0 amide bonds. The summed E-state index contributed by atoms with van der Waals surface area (Å²) >= 11 is 16.6. The SMILES string of the molecule is CCOC(=O)C1=C(C)NC(=S)NC1c1cc(/C=N/NC(=S)Nc2ccc(Cl)cc2)c(O)c(C(C)(C)C)c1. The number of ether oxygens (including phenoxy) is 1. The number of phenols is 1. The molecule has 37 heavy (non-hydrogen) atoms. The molecule has 0 saturated heterocycles. The van der Waals surface area contributed by atoms with Crippen LogP contribution in [0.5, 0.6) is 5.75 Å². The first-order chi connectivity index (χ1) is 17.4. The molecule has 0 saturated carbocycles. The summed E-state index contributed by atoms with van der Waals surface area (Å²) in [6.45, 7) is 9.74. The molecule has 1 heterocycles. The molecule has 1 aliphatic heterocycles. The molecule has 0 fully saturated rings. The van der Waals surface area contributed by atoms with Crippen LogP contribution in [0.4, 0.5) is 5.69 Å². The summed E-state index contributed by atoms with van der Waals surface area (Å²) in [5, 5.41) is 25.7. The number of anilines is 1. The average molecular weight is 560 g/mol. The van der Waals surface area contributed by atoms with E-state index in [2.05, 4.69) is 26.5 Å². The molecule has 11 heteroatoms. The largest absolute Gasteiger partial charge is 0.507 e. The predicted molar refractivity (Wildman–Crippen MR) is 156 cm³/mol. The number of esters is 1. The van der Waals surface area contributed by atoms with Gasteiger partial charge in [0.15, 0.2) is 10.2 Å². The van der Waals surface area contributed by atoms with Crippen LogP contribution in [0.3, 0.4) is 0 Å². The topological polar surface area (TPSA) is 107 Å². The van der Waals surface area contributed by atoms with Crippen molar-refractivity contribution < 1.29 is 14.6 Å². The van der Waals surface area contributed by atoms with E-state index in [0.717, 1.165) is 11.3 Å². The number of nitrogens with one attached hydrogen (secondary N) is 4. The fourth-order valence-corrected chi connectivity index (χ4v) is 4.36. The van der Waals surface area contributed by atoms with Gasteiger partial charge in [0.2, 0.25) is 0 Å². The molecule has 0 aliphatic carbocycles. The summed E-state index contributed by atoms with van der Waals surface area (Å²) in [6.07, 6.45) is 1.48. The van der Waals surface area contributed by atoms with E-state index in [4.69, 9.17) is 40.8 Å².